The molecule has 0 aliphatic carbocycles. The first-order valence-corrected chi connectivity index (χ1v) is 5.77. The van der Waals surface area contributed by atoms with Crippen LogP contribution in [0.4, 0.5) is 4.39 Å². The maximum Gasteiger partial charge on any atom is 0.149 e. The number of aromatic nitrogens is 1. The zero-order valence-corrected chi connectivity index (χ0v) is 10.1. The Morgan fingerprint density at radius 1 is 1.06 bits per heavy atom. The van der Waals surface area contributed by atoms with Crippen LogP contribution in [0.5, 0.6) is 0 Å². The summed E-state index contributed by atoms with van der Waals surface area (Å²) >= 11 is 0. The third kappa shape index (κ3) is 3.02. The molecule has 0 fully saturated rings. The molecule has 2 heteroatoms. The molecule has 0 N–H and O–H groups in total. The van der Waals surface area contributed by atoms with Gasteiger partial charge in [0.1, 0.15) is 11.3 Å². The molecule has 0 atom stereocenters. The van der Waals surface area contributed by atoms with E-state index in [4.69, 9.17) is 0 Å². The van der Waals surface area contributed by atoms with Crippen LogP contribution in [0.25, 0.3) is 10.9 Å². The van der Waals surface area contributed by atoms with Gasteiger partial charge in [0, 0.05) is 11.1 Å². The normalized spacial score (nSPS) is 9.75. The van der Waals surface area contributed by atoms with Crippen LogP contribution in [0.1, 0.15) is 32.9 Å². The highest BCUT2D eigenvalue weighted by Crippen LogP contribution is 2.15. The summed E-state index contributed by atoms with van der Waals surface area (Å²) in [4.78, 5) is 4.22. The number of para-hydroxylation sites is 1. The van der Waals surface area contributed by atoms with Crippen LogP contribution in [0.15, 0.2) is 30.3 Å². The Balaban J connectivity index is 0.000000386. The van der Waals surface area contributed by atoms with Gasteiger partial charge in [-0.2, -0.15) is 0 Å². The van der Waals surface area contributed by atoms with Crippen molar-refractivity contribution in [2.75, 3.05) is 0 Å². The van der Waals surface area contributed by atoms with E-state index < -0.39 is 0 Å². The smallest absolute Gasteiger partial charge is 0.149 e. The number of rotatable bonds is 1. The van der Waals surface area contributed by atoms with Crippen LogP contribution in [0.3, 0.4) is 0 Å². The van der Waals surface area contributed by atoms with Crippen LogP contribution in [-0.2, 0) is 6.42 Å². The van der Waals surface area contributed by atoms with E-state index in [0.29, 0.717) is 5.52 Å². The van der Waals surface area contributed by atoms with E-state index in [0.717, 1.165) is 17.5 Å². The standard InChI is InChI=1S/C11H10FN.C3H8/c1-2-9-7-6-8-4-3-5-10(12)11(8)13-9;1-3-2/h3-7H,2H2,1H3;3H2,1-2H3. The van der Waals surface area contributed by atoms with E-state index in [1.54, 1.807) is 6.07 Å². The number of halogens is 1. The molecule has 1 nitrogen and oxygen atoms in total. The van der Waals surface area contributed by atoms with Crippen molar-refractivity contribution in [2.45, 2.75) is 33.6 Å². The number of fused-ring (bicyclic) bond motifs is 1. The fourth-order valence-corrected chi connectivity index (χ4v) is 1.35. The lowest BCUT2D eigenvalue weighted by atomic mass is 10.2. The second kappa shape index (κ2) is 6.21. The number of pyridine rings is 1. The van der Waals surface area contributed by atoms with Crippen LogP contribution >= 0.6 is 0 Å². The van der Waals surface area contributed by atoms with E-state index in [2.05, 4.69) is 18.8 Å². The average molecular weight is 219 g/mol. The van der Waals surface area contributed by atoms with Gasteiger partial charge in [0.05, 0.1) is 0 Å². The minimum Gasteiger partial charge on any atom is -0.250 e. The van der Waals surface area contributed by atoms with E-state index in [1.807, 2.05) is 25.1 Å². The van der Waals surface area contributed by atoms with Gasteiger partial charge >= 0.3 is 0 Å². The Hall–Kier alpha value is -1.44. The van der Waals surface area contributed by atoms with Crippen molar-refractivity contribution < 1.29 is 4.39 Å². The maximum atomic E-state index is 13.2. The molecule has 0 aliphatic heterocycles. The Morgan fingerprint density at radius 2 is 1.75 bits per heavy atom. The minimum absolute atomic E-state index is 0.243. The molecule has 0 radical (unpaired) electrons. The zero-order valence-electron chi connectivity index (χ0n) is 10.1. The predicted octanol–water partition coefficient (Wildman–Crippen LogP) is 4.35. The number of aryl methyl sites for hydroxylation is 1. The van der Waals surface area contributed by atoms with Crippen LogP contribution in [-0.4, -0.2) is 4.98 Å². The second-order valence-corrected chi connectivity index (χ2v) is 3.67. The molecule has 2 rings (SSSR count). The first-order chi connectivity index (χ1) is 7.72. The van der Waals surface area contributed by atoms with Gasteiger partial charge in [-0.15, -0.1) is 0 Å². The molecule has 0 amide bonds. The Labute approximate surface area is 96.3 Å². The van der Waals surface area contributed by atoms with E-state index >= 15 is 0 Å². The van der Waals surface area contributed by atoms with E-state index in [1.165, 1.54) is 12.5 Å². The molecule has 0 spiro atoms. The third-order valence-electron chi connectivity index (χ3n) is 2.09. The van der Waals surface area contributed by atoms with Crippen molar-refractivity contribution in [3.8, 4) is 0 Å². The fraction of sp³-hybridized carbons (Fsp3) is 0.357. The summed E-state index contributed by atoms with van der Waals surface area (Å²) in [5, 5.41) is 0.859. The molecular weight excluding hydrogens is 201 g/mol. The number of benzene rings is 1. The van der Waals surface area contributed by atoms with Crippen LogP contribution in [0.2, 0.25) is 0 Å². The number of nitrogens with zero attached hydrogens (tertiary/aromatic N) is 1. The average Bonchev–Trinajstić information content (AvgIpc) is 2.30. The topological polar surface area (TPSA) is 12.9 Å². The summed E-state index contributed by atoms with van der Waals surface area (Å²) in [6.45, 7) is 6.26. The van der Waals surface area contributed by atoms with E-state index in [-0.39, 0.29) is 5.82 Å². The van der Waals surface area contributed by atoms with Crippen LogP contribution in [0, 0.1) is 5.82 Å². The summed E-state index contributed by atoms with van der Waals surface area (Å²) in [7, 11) is 0. The minimum atomic E-state index is -0.243. The van der Waals surface area contributed by atoms with Crippen molar-refractivity contribution in [3.63, 3.8) is 0 Å². The van der Waals surface area contributed by atoms with Crippen LogP contribution < -0.4 is 0 Å². The first kappa shape index (κ1) is 12.6. The lowest BCUT2D eigenvalue weighted by Crippen LogP contribution is -1.89. The van der Waals surface area contributed by atoms with Gasteiger partial charge in [-0.25, -0.2) is 9.37 Å². The highest BCUT2D eigenvalue weighted by molar-refractivity contribution is 5.79. The summed E-state index contributed by atoms with van der Waals surface area (Å²) in [6, 6.07) is 8.84. The second-order valence-electron chi connectivity index (χ2n) is 3.67. The largest absolute Gasteiger partial charge is 0.250 e. The van der Waals surface area contributed by atoms with E-state index in [9.17, 15) is 4.39 Å². The Morgan fingerprint density at radius 3 is 2.38 bits per heavy atom. The molecule has 1 aromatic carbocycles. The van der Waals surface area contributed by atoms with Gasteiger partial charge in [0.15, 0.2) is 0 Å². The summed E-state index contributed by atoms with van der Waals surface area (Å²) < 4.78 is 13.2. The number of hydrogen-bond donors (Lipinski definition) is 0. The van der Waals surface area contributed by atoms with Crippen molar-refractivity contribution in [2.24, 2.45) is 0 Å². The molecule has 0 saturated carbocycles. The molecule has 86 valence electrons. The van der Waals surface area contributed by atoms with Gasteiger partial charge in [0.25, 0.3) is 0 Å². The predicted molar refractivity (Wildman–Crippen MR) is 67.0 cm³/mol. The third-order valence-corrected chi connectivity index (χ3v) is 2.09. The summed E-state index contributed by atoms with van der Waals surface area (Å²) in [5.74, 6) is -0.243. The van der Waals surface area contributed by atoms with Crippen molar-refractivity contribution in [1.29, 1.82) is 0 Å². The quantitative estimate of drug-likeness (QED) is 0.694. The summed E-state index contributed by atoms with van der Waals surface area (Å²) in [6.07, 6.45) is 2.09. The van der Waals surface area contributed by atoms with Crippen molar-refractivity contribution in [3.05, 3.63) is 41.8 Å². The molecule has 16 heavy (non-hydrogen) atoms. The molecule has 0 saturated heterocycles. The van der Waals surface area contributed by atoms with Gasteiger partial charge in [-0.05, 0) is 18.6 Å². The number of hydrogen-bond acceptors (Lipinski definition) is 1. The Bertz CT molecular complexity index is 451. The lowest BCUT2D eigenvalue weighted by Gasteiger charge is -2.00. The highest BCUT2D eigenvalue weighted by Gasteiger charge is 2.01. The van der Waals surface area contributed by atoms with Gasteiger partial charge in [-0.3, -0.25) is 0 Å². The molecular formula is C14H18FN. The first-order valence-electron chi connectivity index (χ1n) is 5.77. The van der Waals surface area contributed by atoms with Gasteiger partial charge < -0.3 is 0 Å². The SMILES string of the molecule is CCC.CCc1ccc2cccc(F)c2n1. The maximum absolute atomic E-state index is 13.2. The fourth-order valence-electron chi connectivity index (χ4n) is 1.35. The molecule has 1 heterocycles. The molecule has 0 aliphatic rings. The molecule has 1 aromatic heterocycles. The Kier molecular flexibility index (Phi) is 4.90. The highest BCUT2D eigenvalue weighted by atomic mass is 19.1. The van der Waals surface area contributed by atoms with Gasteiger partial charge in [0.2, 0.25) is 0 Å². The molecule has 0 bridgehead atoms. The lowest BCUT2D eigenvalue weighted by molar-refractivity contribution is 0.636. The summed E-state index contributed by atoms with van der Waals surface area (Å²) in [5.41, 5.74) is 1.40. The van der Waals surface area contributed by atoms with Crippen molar-refractivity contribution >= 4 is 10.9 Å². The van der Waals surface area contributed by atoms with Crippen molar-refractivity contribution in [1.82, 2.24) is 4.98 Å². The zero-order chi connectivity index (χ0) is 12.0. The molecule has 0 unspecified atom stereocenters. The van der Waals surface area contributed by atoms with Gasteiger partial charge in [-0.1, -0.05) is 45.4 Å². The monoisotopic (exact) mass is 219 g/mol. The molecule has 2 aromatic rings.